The zero-order valence-corrected chi connectivity index (χ0v) is 37.8. The summed E-state index contributed by atoms with van der Waals surface area (Å²) >= 11 is 0. The maximum absolute atomic E-state index is 4.13. The highest BCUT2D eigenvalue weighted by atomic mass is 14.2. The lowest BCUT2D eigenvalue weighted by Crippen LogP contribution is -2.35. The van der Waals surface area contributed by atoms with Crippen LogP contribution in [0.15, 0.2) is 104 Å². The van der Waals surface area contributed by atoms with Crippen molar-refractivity contribution in [1.29, 1.82) is 0 Å². The Hall–Kier alpha value is -3.90. The molecular weight excluding hydrogens is 661 g/mol. The first-order chi connectivity index (χ1) is 26.1. The molecule has 0 saturated carbocycles. The second-order valence-corrected chi connectivity index (χ2v) is 17.4. The average Bonchev–Trinajstić information content (AvgIpc) is 3.17. The zero-order chi connectivity index (χ0) is 41.3. The molecule has 0 saturated heterocycles. The maximum Gasteiger partial charge on any atom is -0.0105 e. The first-order valence-electron chi connectivity index (χ1n) is 21.5. The normalized spacial score (nSPS) is 14.0. The van der Waals surface area contributed by atoms with E-state index in [0.717, 1.165) is 19.3 Å². The fourth-order valence-electron chi connectivity index (χ4n) is 7.23. The molecule has 4 aromatic rings. The summed E-state index contributed by atoms with van der Waals surface area (Å²) in [6.45, 7) is 39.0. The van der Waals surface area contributed by atoms with E-state index in [1.807, 2.05) is 19.9 Å². The van der Waals surface area contributed by atoms with Gasteiger partial charge in [-0.15, -0.1) is 6.58 Å². The van der Waals surface area contributed by atoms with E-state index in [1.54, 1.807) is 5.57 Å². The molecule has 0 spiro atoms. The SMILES string of the molecule is C=CC(C)CC(=C)c1ccccc1C.CC.CCC1=c2c(-c3ccc(C(C)(C)C)cc3)ccc(-c3ccc(C(C)(C)C)cc3)c2=CCC1C.CCCCCC. The van der Waals surface area contributed by atoms with Crippen molar-refractivity contribution in [3.8, 4) is 22.3 Å². The molecule has 1 aliphatic rings. The number of aryl methyl sites for hydroxylation is 1. The van der Waals surface area contributed by atoms with Crippen LogP contribution in [0.2, 0.25) is 0 Å². The van der Waals surface area contributed by atoms with Crippen molar-refractivity contribution in [2.24, 2.45) is 11.8 Å². The third kappa shape index (κ3) is 13.7. The van der Waals surface area contributed by atoms with Crippen molar-refractivity contribution in [1.82, 2.24) is 0 Å². The van der Waals surface area contributed by atoms with Gasteiger partial charge in [0.05, 0.1) is 0 Å². The van der Waals surface area contributed by atoms with Gasteiger partial charge < -0.3 is 0 Å². The molecule has 2 unspecified atom stereocenters. The van der Waals surface area contributed by atoms with Crippen molar-refractivity contribution in [2.75, 3.05) is 0 Å². The summed E-state index contributed by atoms with van der Waals surface area (Å²) in [7, 11) is 0. The van der Waals surface area contributed by atoms with Gasteiger partial charge in [-0.05, 0) is 109 Å². The van der Waals surface area contributed by atoms with Crippen molar-refractivity contribution in [2.45, 2.75) is 153 Å². The second kappa shape index (κ2) is 22.6. The largest absolute Gasteiger partial charge is 0.103 e. The van der Waals surface area contributed by atoms with Crippen molar-refractivity contribution < 1.29 is 0 Å². The van der Waals surface area contributed by atoms with E-state index in [2.05, 4.69) is 187 Å². The van der Waals surface area contributed by atoms with Crippen molar-refractivity contribution in [3.05, 3.63) is 137 Å². The van der Waals surface area contributed by atoms with Gasteiger partial charge in [0.1, 0.15) is 0 Å². The highest BCUT2D eigenvalue weighted by Crippen LogP contribution is 2.30. The van der Waals surface area contributed by atoms with Gasteiger partial charge in [-0.3, -0.25) is 0 Å². The highest BCUT2D eigenvalue weighted by Gasteiger charge is 2.19. The van der Waals surface area contributed by atoms with E-state index >= 15 is 0 Å². The van der Waals surface area contributed by atoms with Crippen LogP contribution in [0, 0.1) is 18.8 Å². The predicted molar refractivity (Wildman–Crippen MR) is 251 cm³/mol. The number of rotatable bonds is 10. The number of allylic oxidation sites excluding steroid dienone is 2. The third-order valence-corrected chi connectivity index (χ3v) is 10.8. The molecule has 2 atom stereocenters. The number of fused-ring (bicyclic) bond motifs is 1. The summed E-state index contributed by atoms with van der Waals surface area (Å²) in [5.41, 5.74) is 13.9. The molecule has 0 aromatic heterocycles. The van der Waals surface area contributed by atoms with Crippen LogP contribution in [-0.4, -0.2) is 0 Å². The van der Waals surface area contributed by atoms with Crippen LogP contribution in [0.3, 0.4) is 0 Å². The lowest BCUT2D eigenvalue weighted by atomic mass is 9.82. The molecule has 0 heteroatoms. The molecule has 0 aliphatic heterocycles. The number of benzene rings is 4. The molecule has 5 rings (SSSR count). The molecule has 0 bridgehead atoms. The fraction of sp³-hybridized carbons (Fsp3) is 0.455. The number of unbranched alkanes of at least 4 members (excludes halogenated alkanes) is 3. The van der Waals surface area contributed by atoms with Gasteiger partial charge in [0.15, 0.2) is 0 Å². The standard InChI is InChI=1S/C33H40.C14H18.C6H14.C2H6/c1-9-27-22(2)10-19-30-28(23-11-15-25(16-12-23)32(3,4)5)20-21-29(31(27)30)24-13-17-26(18-14-24)33(6,7)8;1-5-11(2)10-13(4)14-9-7-6-8-12(14)3;1-3-5-6-4-2;1-2/h11-22H,9-10H2,1-8H3;5-9,11H,1,4,10H2,2-3H3;3-6H2,1-2H3;1-2H3. The fourth-order valence-corrected chi connectivity index (χ4v) is 7.23. The molecule has 0 amide bonds. The quantitative estimate of drug-likeness (QED) is 0.112. The molecule has 1 aliphatic carbocycles. The van der Waals surface area contributed by atoms with Crippen LogP contribution < -0.4 is 10.4 Å². The first-order valence-corrected chi connectivity index (χ1v) is 21.5. The molecule has 298 valence electrons. The summed E-state index contributed by atoms with van der Waals surface area (Å²) in [6.07, 6.45) is 13.2. The average molecular weight is 739 g/mol. The zero-order valence-electron chi connectivity index (χ0n) is 37.8. The molecule has 55 heavy (non-hydrogen) atoms. The molecule has 0 fully saturated rings. The Morgan fingerprint density at radius 1 is 0.727 bits per heavy atom. The van der Waals surface area contributed by atoms with Gasteiger partial charge in [0.2, 0.25) is 0 Å². The molecule has 0 N–H and O–H groups in total. The van der Waals surface area contributed by atoms with E-state index in [4.69, 9.17) is 0 Å². The van der Waals surface area contributed by atoms with Crippen LogP contribution in [0.1, 0.15) is 157 Å². The summed E-state index contributed by atoms with van der Waals surface area (Å²) in [5.74, 6) is 1.09. The highest BCUT2D eigenvalue weighted by molar-refractivity contribution is 5.77. The lowest BCUT2D eigenvalue weighted by Gasteiger charge is -2.23. The van der Waals surface area contributed by atoms with E-state index < -0.39 is 0 Å². The maximum atomic E-state index is 4.13. The van der Waals surface area contributed by atoms with Crippen molar-refractivity contribution >= 4 is 17.2 Å². The molecule has 0 heterocycles. The van der Waals surface area contributed by atoms with Crippen LogP contribution >= 0.6 is 0 Å². The Balaban J connectivity index is 0.000000392. The number of hydrogen-bond donors (Lipinski definition) is 0. The van der Waals surface area contributed by atoms with Gasteiger partial charge in [0.25, 0.3) is 0 Å². The Morgan fingerprint density at radius 3 is 1.64 bits per heavy atom. The molecule has 0 radical (unpaired) electrons. The van der Waals surface area contributed by atoms with E-state index in [1.165, 1.54) is 86.2 Å². The summed E-state index contributed by atoms with van der Waals surface area (Å²) < 4.78 is 0. The minimum atomic E-state index is 0.171. The number of hydrogen-bond acceptors (Lipinski definition) is 0. The summed E-state index contributed by atoms with van der Waals surface area (Å²) in [4.78, 5) is 0. The Bertz CT molecular complexity index is 1880. The summed E-state index contributed by atoms with van der Waals surface area (Å²) in [5, 5.41) is 2.89. The molecule has 0 nitrogen and oxygen atoms in total. The van der Waals surface area contributed by atoms with Crippen molar-refractivity contribution in [3.63, 3.8) is 0 Å². The predicted octanol–water partition coefficient (Wildman–Crippen LogP) is 15.8. The van der Waals surface area contributed by atoms with Gasteiger partial charge >= 0.3 is 0 Å². The van der Waals surface area contributed by atoms with E-state index in [-0.39, 0.29) is 10.8 Å². The van der Waals surface area contributed by atoms with Gasteiger partial charge in [-0.2, -0.15) is 0 Å². The van der Waals surface area contributed by atoms with Gasteiger partial charge in [0, 0.05) is 0 Å². The molecule has 4 aromatic carbocycles. The van der Waals surface area contributed by atoms with Gasteiger partial charge in [-0.1, -0.05) is 225 Å². The van der Waals surface area contributed by atoms with Gasteiger partial charge in [-0.25, -0.2) is 0 Å². The lowest BCUT2D eigenvalue weighted by molar-refractivity contribution is 0.590. The Morgan fingerprint density at radius 2 is 1.20 bits per heavy atom. The van der Waals surface area contributed by atoms with Crippen LogP contribution in [0.4, 0.5) is 0 Å². The Labute approximate surface area is 339 Å². The van der Waals surface area contributed by atoms with Crippen LogP contribution in [0.5, 0.6) is 0 Å². The monoisotopic (exact) mass is 739 g/mol. The van der Waals surface area contributed by atoms with E-state index in [0.29, 0.717) is 11.8 Å². The molecular formula is C55H78. The van der Waals surface area contributed by atoms with Crippen LogP contribution in [0.25, 0.3) is 39.5 Å². The first kappa shape index (κ1) is 47.3. The smallest absolute Gasteiger partial charge is 0.0105 e. The summed E-state index contributed by atoms with van der Waals surface area (Å²) in [6, 6.07) is 31.6. The second-order valence-electron chi connectivity index (χ2n) is 17.4. The topological polar surface area (TPSA) is 0 Å². The minimum Gasteiger partial charge on any atom is -0.103 e. The van der Waals surface area contributed by atoms with E-state index in [9.17, 15) is 0 Å². The Kier molecular flexibility index (Phi) is 19.4. The van der Waals surface area contributed by atoms with Crippen LogP contribution in [-0.2, 0) is 10.8 Å². The third-order valence-electron chi connectivity index (χ3n) is 10.8. The minimum absolute atomic E-state index is 0.171.